The molecule has 0 N–H and O–H groups in total. The number of carbonyl (C=O) groups is 1. The molecule has 0 aliphatic heterocycles. The molecule has 1 nitrogen and oxygen atoms in total. The highest BCUT2D eigenvalue weighted by molar-refractivity contribution is 9.09. The molecule has 0 amide bonds. The minimum atomic E-state index is -0.480. The van der Waals surface area contributed by atoms with E-state index >= 15 is 0 Å². The molecule has 1 rings (SSSR count). The molecule has 0 fully saturated rings. The molecule has 1 aromatic carbocycles. The van der Waals surface area contributed by atoms with Crippen LogP contribution in [0.5, 0.6) is 0 Å². The molecule has 0 unspecified atom stereocenters. The van der Waals surface area contributed by atoms with Gasteiger partial charge in [-0.2, -0.15) is 0 Å². The van der Waals surface area contributed by atoms with E-state index in [1.807, 2.05) is 6.08 Å². The number of allylic oxidation sites excluding steroid dienone is 1. The molecular formula is C10H8BrFO. The summed E-state index contributed by atoms with van der Waals surface area (Å²) in [6, 6.07) is 4.55. The number of benzene rings is 1. The minimum Gasteiger partial charge on any atom is -0.298 e. The van der Waals surface area contributed by atoms with Crippen LogP contribution in [0.15, 0.2) is 24.3 Å². The number of aldehydes is 1. The summed E-state index contributed by atoms with van der Waals surface area (Å²) in [4.78, 5) is 10.5. The van der Waals surface area contributed by atoms with E-state index < -0.39 is 5.82 Å². The quantitative estimate of drug-likeness (QED) is 0.589. The molecule has 1 aromatic rings. The summed E-state index contributed by atoms with van der Waals surface area (Å²) in [7, 11) is 0. The summed E-state index contributed by atoms with van der Waals surface area (Å²) in [6.07, 6.45) is 4.05. The van der Waals surface area contributed by atoms with Crippen LogP contribution in [0.25, 0.3) is 6.08 Å². The van der Waals surface area contributed by atoms with Gasteiger partial charge in [0.15, 0.2) is 6.29 Å². The Morgan fingerprint density at radius 1 is 1.46 bits per heavy atom. The Balaban J connectivity index is 3.12. The Bertz CT molecular complexity index is 334. The number of halogens is 2. The van der Waals surface area contributed by atoms with E-state index in [4.69, 9.17) is 0 Å². The maximum atomic E-state index is 13.0. The molecule has 3 heteroatoms. The summed E-state index contributed by atoms with van der Waals surface area (Å²) in [5, 5.41) is 0.682. The first kappa shape index (κ1) is 10.1. The van der Waals surface area contributed by atoms with Crippen LogP contribution in [0.3, 0.4) is 0 Å². The second kappa shape index (κ2) is 4.92. The fourth-order valence-corrected chi connectivity index (χ4v) is 1.18. The van der Waals surface area contributed by atoms with Crippen molar-refractivity contribution >= 4 is 28.3 Å². The van der Waals surface area contributed by atoms with Crippen molar-refractivity contribution in [2.75, 3.05) is 5.33 Å². The Kier molecular flexibility index (Phi) is 3.83. The zero-order valence-corrected chi connectivity index (χ0v) is 8.42. The van der Waals surface area contributed by atoms with E-state index in [1.54, 1.807) is 18.2 Å². The first-order valence-corrected chi connectivity index (χ1v) is 4.88. The van der Waals surface area contributed by atoms with Crippen LogP contribution in [-0.4, -0.2) is 11.6 Å². The van der Waals surface area contributed by atoms with Gasteiger partial charge in [-0.15, -0.1) is 0 Å². The third kappa shape index (κ3) is 2.49. The summed E-state index contributed by atoms with van der Waals surface area (Å²) in [6.45, 7) is 0. The molecule has 0 spiro atoms. The van der Waals surface area contributed by atoms with Gasteiger partial charge in [-0.1, -0.05) is 40.2 Å². The lowest BCUT2D eigenvalue weighted by Crippen LogP contribution is -1.91. The van der Waals surface area contributed by atoms with Crippen LogP contribution in [0.4, 0.5) is 4.39 Å². The van der Waals surface area contributed by atoms with E-state index in [-0.39, 0.29) is 5.56 Å². The van der Waals surface area contributed by atoms with E-state index in [9.17, 15) is 9.18 Å². The zero-order valence-electron chi connectivity index (χ0n) is 6.84. The predicted molar refractivity (Wildman–Crippen MR) is 54.6 cm³/mol. The van der Waals surface area contributed by atoms with Gasteiger partial charge >= 0.3 is 0 Å². The normalized spacial score (nSPS) is 10.6. The molecule has 0 atom stereocenters. The standard InChI is InChI=1S/C10H8BrFO/c11-6-2-4-8-3-1-5-10(12)9(8)7-13/h1-5,7H,6H2. The van der Waals surface area contributed by atoms with Crippen molar-refractivity contribution in [3.8, 4) is 0 Å². The maximum absolute atomic E-state index is 13.0. The molecule has 0 bridgehead atoms. The van der Waals surface area contributed by atoms with Crippen LogP contribution in [0.2, 0.25) is 0 Å². The number of carbonyl (C=O) groups excluding carboxylic acids is 1. The lowest BCUT2D eigenvalue weighted by Gasteiger charge is -1.98. The van der Waals surface area contributed by atoms with Crippen LogP contribution in [0.1, 0.15) is 15.9 Å². The lowest BCUT2D eigenvalue weighted by atomic mass is 10.1. The van der Waals surface area contributed by atoms with Gasteiger partial charge in [0, 0.05) is 5.33 Å². The first-order chi connectivity index (χ1) is 6.29. The largest absolute Gasteiger partial charge is 0.298 e. The number of hydrogen-bond acceptors (Lipinski definition) is 1. The van der Waals surface area contributed by atoms with Crippen molar-refractivity contribution in [1.29, 1.82) is 0 Å². The Labute approximate surface area is 84.4 Å². The van der Waals surface area contributed by atoms with Gasteiger partial charge in [0.05, 0.1) is 5.56 Å². The summed E-state index contributed by atoms with van der Waals surface area (Å²) in [5.74, 6) is -0.480. The summed E-state index contributed by atoms with van der Waals surface area (Å²) >= 11 is 3.20. The van der Waals surface area contributed by atoms with E-state index in [0.29, 0.717) is 17.2 Å². The van der Waals surface area contributed by atoms with Crippen molar-refractivity contribution in [3.63, 3.8) is 0 Å². The van der Waals surface area contributed by atoms with Gasteiger partial charge < -0.3 is 0 Å². The molecule has 13 heavy (non-hydrogen) atoms. The topological polar surface area (TPSA) is 17.1 Å². The molecule has 0 aromatic heterocycles. The van der Waals surface area contributed by atoms with E-state index in [2.05, 4.69) is 15.9 Å². The third-order valence-corrected chi connectivity index (χ3v) is 1.96. The van der Waals surface area contributed by atoms with Gasteiger partial charge in [0.1, 0.15) is 5.82 Å². The highest BCUT2D eigenvalue weighted by atomic mass is 79.9. The van der Waals surface area contributed by atoms with Gasteiger partial charge in [-0.25, -0.2) is 4.39 Å². The highest BCUT2D eigenvalue weighted by Gasteiger charge is 2.03. The van der Waals surface area contributed by atoms with Crippen molar-refractivity contribution in [3.05, 3.63) is 41.2 Å². The Morgan fingerprint density at radius 3 is 2.85 bits per heavy atom. The minimum absolute atomic E-state index is 0.111. The van der Waals surface area contributed by atoms with Gasteiger partial charge in [0.25, 0.3) is 0 Å². The predicted octanol–water partition coefficient (Wildman–Crippen LogP) is 3.05. The lowest BCUT2D eigenvalue weighted by molar-refractivity contribution is 0.111. The fourth-order valence-electron chi connectivity index (χ4n) is 0.995. The SMILES string of the molecule is O=Cc1c(F)cccc1C=CCBr. The third-order valence-electron chi connectivity index (χ3n) is 1.59. The van der Waals surface area contributed by atoms with Crippen molar-refractivity contribution in [2.45, 2.75) is 0 Å². The van der Waals surface area contributed by atoms with Crippen LogP contribution < -0.4 is 0 Å². The monoisotopic (exact) mass is 242 g/mol. The zero-order chi connectivity index (χ0) is 9.68. The molecule has 0 heterocycles. The summed E-state index contributed by atoms with van der Waals surface area (Å²) < 4.78 is 13.0. The molecule has 0 saturated carbocycles. The molecular weight excluding hydrogens is 235 g/mol. The number of rotatable bonds is 3. The molecule has 0 aliphatic rings. The van der Waals surface area contributed by atoms with Crippen molar-refractivity contribution in [1.82, 2.24) is 0 Å². The number of alkyl halides is 1. The molecule has 0 aliphatic carbocycles. The van der Waals surface area contributed by atoms with Crippen LogP contribution in [-0.2, 0) is 0 Å². The molecule has 68 valence electrons. The second-order valence-electron chi connectivity index (χ2n) is 2.42. The van der Waals surface area contributed by atoms with Gasteiger partial charge in [-0.3, -0.25) is 4.79 Å². The average Bonchev–Trinajstić information content (AvgIpc) is 2.15. The second-order valence-corrected chi connectivity index (χ2v) is 3.06. The summed E-state index contributed by atoms with van der Waals surface area (Å²) in [5.41, 5.74) is 0.717. The fraction of sp³-hybridized carbons (Fsp3) is 0.100. The Morgan fingerprint density at radius 2 is 2.23 bits per heavy atom. The van der Waals surface area contributed by atoms with E-state index in [0.717, 1.165) is 0 Å². The Hall–Kier alpha value is -0.960. The molecule has 0 saturated heterocycles. The van der Waals surface area contributed by atoms with Crippen LogP contribution >= 0.6 is 15.9 Å². The first-order valence-electron chi connectivity index (χ1n) is 3.75. The van der Waals surface area contributed by atoms with Crippen molar-refractivity contribution in [2.24, 2.45) is 0 Å². The van der Waals surface area contributed by atoms with Gasteiger partial charge in [0.2, 0.25) is 0 Å². The average molecular weight is 243 g/mol. The van der Waals surface area contributed by atoms with Crippen LogP contribution in [0, 0.1) is 5.82 Å². The van der Waals surface area contributed by atoms with Gasteiger partial charge in [-0.05, 0) is 11.6 Å². The van der Waals surface area contributed by atoms with Crippen molar-refractivity contribution < 1.29 is 9.18 Å². The number of hydrogen-bond donors (Lipinski definition) is 0. The maximum Gasteiger partial charge on any atom is 0.153 e. The van der Waals surface area contributed by atoms with E-state index in [1.165, 1.54) is 6.07 Å². The highest BCUT2D eigenvalue weighted by Crippen LogP contribution is 2.12. The smallest absolute Gasteiger partial charge is 0.153 e. The molecule has 0 radical (unpaired) electrons.